The van der Waals surface area contributed by atoms with Gasteiger partial charge < -0.3 is 9.26 Å². The number of imide groups is 1. The Labute approximate surface area is 183 Å². The summed E-state index contributed by atoms with van der Waals surface area (Å²) in [6, 6.07) is 10.9. The fourth-order valence-electron chi connectivity index (χ4n) is 3.81. The molecule has 2 unspecified atom stereocenters. The van der Waals surface area contributed by atoms with Crippen molar-refractivity contribution in [1.29, 1.82) is 0 Å². The highest BCUT2D eigenvalue weighted by Gasteiger charge is 2.55. The summed E-state index contributed by atoms with van der Waals surface area (Å²) in [5, 5.41) is 13.5. The second kappa shape index (κ2) is 7.56. The Bertz CT molecular complexity index is 1250. The van der Waals surface area contributed by atoms with E-state index < -0.39 is 23.9 Å². The van der Waals surface area contributed by atoms with Crippen LogP contribution in [0.15, 0.2) is 57.3 Å². The molecule has 5 rings (SSSR count). The highest BCUT2D eigenvalue weighted by atomic mass is 16.5. The number of aryl methyl sites for hydroxylation is 2. The van der Waals surface area contributed by atoms with E-state index in [1.807, 2.05) is 32.0 Å². The first-order chi connectivity index (χ1) is 15.5. The third-order valence-electron chi connectivity index (χ3n) is 5.70. The van der Waals surface area contributed by atoms with E-state index in [-0.39, 0.29) is 12.4 Å². The topological polar surface area (TPSA) is 113 Å². The zero-order chi connectivity index (χ0) is 22.4. The number of methoxy groups -OCH3 is 1. The second-order valence-electron chi connectivity index (χ2n) is 7.72. The molecule has 1 aromatic heterocycles. The van der Waals surface area contributed by atoms with Gasteiger partial charge in [0.2, 0.25) is 11.7 Å². The van der Waals surface area contributed by atoms with Gasteiger partial charge in [0.25, 0.3) is 11.8 Å². The van der Waals surface area contributed by atoms with Crippen LogP contribution in [0.25, 0.3) is 11.4 Å². The van der Waals surface area contributed by atoms with Crippen LogP contribution in [0.3, 0.4) is 0 Å². The maximum atomic E-state index is 13.1. The zero-order valence-corrected chi connectivity index (χ0v) is 17.7. The first-order valence-electron chi connectivity index (χ1n) is 10.1. The van der Waals surface area contributed by atoms with Gasteiger partial charge in [0.15, 0.2) is 12.1 Å². The summed E-state index contributed by atoms with van der Waals surface area (Å²) < 4.78 is 10.6. The fourth-order valence-corrected chi connectivity index (χ4v) is 3.81. The molecule has 0 bridgehead atoms. The van der Waals surface area contributed by atoms with Gasteiger partial charge in [0.1, 0.15) is 12.3 Å². The molecule has 3 heterocycles. The van der Waals surface area contributed by atoms with Gasteiger partial charge in [-0.25, -0.2) is 4.90 Å². The average molecular weight is 432 g/mol. The molecule has 2 amide bonds. The number of fused-ring (bicyclic) bond motifs is 1. The smallest absolute Gasteiger partial charge is 0.263 e. The minimum atomic E-state index is -0.907. The Morgan fingerprint density at radius 1 is 1.06 bits per heavy atom. The molecule has 0 radical (unpaired) electrons. The predicted molar refractivity (Wildman–Crippen MR) is 113 cm³/mol. The van der Waals surface area contributed by atoms with E-state index in [9.17, 15) is 9.59 Å². The van der Waals surface area contributed by atoms with Gasteiger partial charge in [-0.1, -0.05) is 28.6 Å². The third-order valence-corrected chi connectivity index (χ3v) is 5.70. The van der Waals surface area contributed by atoms with E-state index in [2.05, 4.69) is 20.5 Å². The Morgan fingerprint density at radius 3 is 2.69 bits per heavy atom. The number of carbonyl (C=O) groups is 2. The number of benzene rings is 2. The summed E-state index contributed by atoms with van der Waals surface area (Å²) in [6.07, 6.45) is 0. The van der Waals surface area contributed by atoms with Gasteiger partial charge >= 0.3 is 0 Å². The molecule has 32 heavy (non-hydrogen) atoms. The minimum absolute atomic E-state index is 0.0630. The van der Waals surface area contributed by atoms with Crippen LogP contribution in [-0.4, -0.2) is 46.2 Å². The Balaban J connectivity index is 1.36. The third kappa shape index (κ3) is 3.20. The van der Waals surface area contributed by atoms with Crippen LogP contribution in [0.2, 0.25) is 0 Å². The number of nitrogens with zero attached hydrogens (tertiary/aromatic N) is 6. The van der Waals surface area contributed by atoms with Crippen LogP contribution in [-0.2, 0) is 16.1 Å². The first kappa shape index (κ1) is 19.9. The van der Waals surface area contributed by atoms with E-state index >= 15 is 0 Å². The molecule has 0 N–H and O–H groups in total. The molecule has 10 heteroatoms. The molecule has 2 atom stereocenters. The SMILES string of the molecule is COc1cccc(N2C(=O)C3N=NN(Cc4nc(-c5ccc(C)c(C)c5)no4)C3C2=O)c1. The molecule has 10 nitrogen and oxygen atoms in total. The monoisotopic (exact) mass is 432 g/mol. The molecule has 2 aliphatic heterocycles. The van der Waals surface area contributed by atoms with Crippen LogP contribution in [0, 0.1) is 13.8 Å². The number of aromatic nitrogens is 2. The van der Waals surface area contributed by atoms with E-state index in [1.54, 1.807) is 24.3 Å². The number of anilines is 1. The number of ether oxygens (including phenoxy) is 1. The summed E-state index contributed by atoms with van der Waals surface area (Å²) in [7, 11) is 1.52. The molecule has 2 aromatic carbocycles. The summed E-state index contributed by atoms with van der Waals surface area (Å²) in [5.74, 6) is 0.428. The van der Waals surface area contributed by atoms with Crippen molar-refractivity contribution < 1.29 is 18.8 Å². The molecule has 162 valence electrons. The quantitative estimate of drug-likeness (QED) is 0.570. The van der Waals surface area contributed by atoms with Gasteiger partial charge in [-0.15, -0.1) is 0 Å². The van der Waals surface area contributed by atoms with Crippen molar-refractivity contribution in [3.05, 3.63) is 59.5 Å². The number of amides is 2. The average Bonchev–Trinajstić information content (AvgIpc) is 3.48. The van der Waals surface area contributed by atoms with Crippen molar-refractivity contribution in [2.45, 2.75) is 32.5 Å². The van der Waals surface area contributed by atoms with Crippen molar-refractivity contribution in [2.75, 3.05) is 12.0 Å². The first-order valence-corrected chi connectivity index (χ1v) is 10.1. The molecule has 2 aliphatic rings. The minimum Gasteiger partial charge on any atom is -0.497 e. The molecule has 0 aliphatic carbocycles. The highest BCUT2D eigenvalue weighted by molar-refractivity contribution is 6.25. The number of hydrogen-bond donors (Lipinski definition) is 0. The van der Waals surface area contributed by atoms with E-state index in [1.165, 1.54) is 17.7 Å². The van der Waals surface area contributed by atoms with E-state index in [0.717, 1.165) is 16.0 Å². The van der Waals surface area contributed by atoms with Crippen LogP contribution < -0.4 is 9.64 Å². The van der Waals surface area contributed by atoms with Gasteiger partial charge in [-0.05, 0) is 43.2 Å². The highest BCUT2D eigenvalue weighted by Crippen LogP contribution is 2.34. The summed E-state index contributed by atoms with van der Waals surface area (Å²) in [4.78, 5) is 31.6. The summed E-state index contributed by atoms with van der Waals surface area (Å²) in [6.45, 7) is 4.11. The molecule has 0 spiro atoms. The molecule has 0 saturated carbocycles. The van der Waals surface area contributed by atoms with Crippen LogP contribution in [0.5, 0.6) is 5.75 Å². The van der Waals surface area contributed by atoms with Gasteiger partial charge in [0, 0.05) is 11.6 Å². The van der Waals surface area contributed by atoms with Crippen LogP contribution in [0.1, 0.15) is 17.0 Å². The lowest BCUT2D eigenvalue weighted by Crippen LogP contribution is -2.39. The van der Waals surface area contributed by atoms with Gasteiger partial charge in [-0.2, -0.15) is 10.1 Å². The molecule has 1 saturated heterocycles. The summed E-state index contributed by atoms with van der Waals surface area (Å²) in [5.41, 5.74) is 3.56. The number of rotatable bonds is 5. The van der Waals surface area contributed by atoms with Gasteiger partial charge in [-0.3, -0.25) is 14.6 Å². The largest absolute Gasteiger partial charge is 0.497 e. The standard InChI is InChI=1S/C22H20N6O4/c1-12-7-8-14(9-13(12)2)20-23-17(32-25-20)11-27-19-18(24-26-27)21(29)28(22(19)30)15-5-4-6-16(10-15)31-3/h4-10,18-19H,11H2,1-3H3. The summed E-state index contributed by atoms with van der Waals surface area (Å²) >= 11 is 0. The number of hydrogen-bond acceptors (Lipinski definition) is 9. The predicted octanol–water partition coefficient (Wildman–Crippen LogP) is 2.86. The van der Waals surface area contributed by atoms with Crippen LogP contribution >= 0.6 is 0 Å². The molecule has 1 fully saturated rings. The van der Waals surface area contributed by atoms with Crippen molar-refractivity contribution in [3.8, 4) is 17.1 Å². The normalized spacial score (nSPS) is 19.7. The molecular weight excluding hydrogens is 412 g/mol. The van der Waals surface area contributed by atoms with E-state index in [0.29, 0.717) is 17.3 Å². The second-order valence-corrected chi connectivity index (χ2v) is 7.72. The Morgan fingerprint density at radius 2 is 1.91 bits per heavy atom. The van der Waals surface area contributed by atoms with Crippen LogP contribution in [0.4, 0.5) is 5.69 Å². The van der Waals surface area contributed by atoms with E-state index in [4.69, 9.17) is 9.26 Å². The Hall–Kier alpha value is -4.08. The number of carbonyl (C=O) groups excluding carboxylic acids is 2. The van der Waals surface area contributed by atoms with Crippen molar-refractivity contribution in [2.24, 2.45) is 10.3 Å². The lowest BCUT2D eigenvalue weighted by atomic mass is 10.1. The zero-order valence-electron chi connectivity index (χ0n) is 17.7. The lowest BCUT2D eigenvalue weighted by molar-refractivity contribution is -0.123. The van der Waals surface area contributed by atoms with Crippen molar-refractivity contribution >= 4 is 17.5 Å². The van der Waals surface area contributed by atoms with Crippen molar-refractivity contribution in [1.82, 2.24) is 15.1 Å². The molecular formula is C22H20N6O4. The molecule has 3 aromatic rings. The maximum Gasteiger partial charge on any atom is 0.263 e. The van der Waals surface area contributed by atoms with Crippen molar-refractivity contribution in [3.63, 3.8) is 0 Å². The Kier molecular flexibility index (Phi) is 4.69. The fraction of sp³-hybridized carbons (Fsp3) is 0.273. The maximum absolute atomic E-state index is 13.1. The lowest BCUT2D eigenvalue weighted by Gasteiger charge is -2.19. The van der Waals surface area contributed by atoms with Gasteiger partial charge in [0.05, 0.1) is 12.8 Å².